The van der Waals surface area contributed by atoms with Gasteiger partial charge in [0, 0.05) is 0 Å². The number of carbonyl (C=O) groups is 2. The second-order valence-electron chi connectivity index (χ2n) is 2.43. The Hall–Kier alpha value is -1.55. The molecule has 0 fully saturated rings. The van der Waals surface area contributed by atoms with Gasteiger partial charge < -0.3 is 20.4 Å². The molecule has 0 spiro atoms. The Kier molecular flexibility index (Phi) is 13.1. The van der Waals surface area contributed by atoms with E-state index >= 15 is 0 Å². The molecule has 0 saturated carbocycles. The monoisotopic (exact) mass is 414 g/mol. The first kappa shape index (κ1) is 17.8. The summed E-state index contributed by atoms with van der Waals surface area (Å²) in [5, 5.41) is 27.9. The van der Waals surface area contributed by atoms with Crippen LogP contribution in [0.5, 0.6) is 0 Å². The zero-order valence-electron chi connectivity index (χ0n) is 8.94. The Morgan fingerprint density at radius 2 is 1.76 bits per heavy atom. The van der Waals surface area contributed by atoms with E-state index in [-0.39, 0.29) is 18.6 Å². The molecule has 0 saturated heterocycles. The molecule has 0 aromatic heterocycles. The molecule has 1 aliphatic carbocycles. The molecule has 6 nitrogen and oxygen atoms in total. The molecule has 0 aromatic carbocycles. The smallest absolute Gasteiger partial charge is 0.450 e. The van der Waals surface area contributed by atoms with Crippen molar-refractivity contribution in [3.63, 3.8) is 0 Å². The Morgan fingerprint density at radius 1 is 1.29 bits per heavy atom. The molecule has 0 amide bonds. The van der Waals surface area contributed by atoms with Gasteiger partial charge in [-0.25, -0.2) is 9.59 Å². The van der Waals surface area contributed by atoms with Crippen molar-refractivity contribution >= 4 is 12.3 Å². The van der Waals surface area contributed by atoms with Gasteiger partial charge in [0.2, 0.25) is 0 Å². The van der Waals surface area contributed by atoms with Crippen LogP contribution in [0.25, 0.3) is 0 Å². The second kappa shape index (κ2) is 12.5. The van der Waals surface area contributed by atoms with Crippen molar-refractivity contribution in [2.24, 2.45) is 0 Å². The fourth-order valence-corrected chi connectivity index (χ4v) is 3.29. The van der Waals surface area contributed by atoms with Crippen LogP contribution in [-0.4, -0.2) is 32.7 Å². The van der Waals surface area contributed by atoms with Crippen LogP contribution in [0.15, 0.2) is 34.8 Å². The van der Waals surface area contributed by atoms with Crippen LogP contribution in [0.1, 0.15) is 6.42 Å². The quantitative estimate of drug-likeness (QED) is 0.528. The average Bonchev–Trinajstić information content (AvgIpc) is 2.65. The topological polar surface area (TPSA) is 115 Å². The molecule has 0 aliphatic heterocycles. The van der Waals surface area contributed by atoms with E-state index in [2.05, 4.69) is 24.8 Å². The minimum atomic E-state index is -1.83. The molecule has 96 valence electrons. The molecule has 0 unspecified atom stereocenters. The fourth-order valence-electron chi connectivity index (χ4n) is 0.701. The molecule has 0 bridgehead atoms. The maximum absolute atomic E-state index is 8.56. The molecule has 1 aliphatic rings. The van der Waals surface area contributed by atoms with Gasteiger partial charge in [0.1, 0.15) is 0 Å². The van der Waals surface area contributed by atoms with Crippen LogP contribution in [-0.2, 0) is 18.6 Å². The van der Waals surface area contributed by atoms with E-state index < -0.39 is 12.3 Å². The van der Waals surface area contributed by atoms with Gasteiger partial charge in [-0.15, -0.1) is 0 Å². The normalized spacial score (nSPS) is 11.2. The summed E-state index contributed by atoms with van der Waals surface area (Å²) in [5.74, 6) is 0. The third-order valence-electron chi connectivity index (χ3n) is 1.12. The van der Waals surface area contributed by atoms with Crippen LogP contribution in [0.4, 0.5) is 9.59 Å². The van der Waals surface area contributed by atoms with Crippen molar-refractivity contribution in [1.82, 2.24) is 0 Å². The Labute approximate surface area is 107 Å². The minimum absolute atomic E-state index is 0.156. The third kappa shape index (κ3) is 25.1. The summed E-state index contributed by atoms with van der Waals surface area (Å²) >= 11 is -0.156. The standard InChI is InChI=1S/C5H5.C3H5.2CH2O3.W/c1-2-4-5-3-1;1-3-2;2*2-1(3)4;/h1-3H,4H2;3H,1-2H2;2*(H2,2,3,4);. The van der Waals surface area contributed by atoms with E-state index in [1.54, 1.807) is 3.96 Å². The second-order valence-corrected chi connectivity index (χ2v) is 6.55. The summed E-state index contributed by atoms with van der Waals surface area (Å²) < 4.78 is 1.70. The Bertz CT molecular complexity index is 288. The van der Waals surface area contributed by atoms with Crippen molar-refractivity contribution in [2.75, 3.05) is 0 Å². The summed E-state index contributed by atoms with van der Waals surface area (Å²) in [5.41, 5.74) is 0. The molecule has 17 heavy (non-hydrogen) atoms. The van der Waals surface area contributed by atoms with Crippen LogP contribution in [0, 0.1) is 0 Å². The molecule has 0 radical (unpaired) electrons. The van der Waals surface area contributed by atoms with Crippen molar-refractivity contribution in [2.45, 2.75) is 11.2 Å². The Balaban J connectivity index is 0. The largest absolute Gasteiger partial charge is 0.503 e. The van der Waals surface area contributed by atoms with Crippen molar-refractivity contribution < 1.29 is 48.6 Å². The van der Waals surface area contributed by atoms with Crippen molar-refractivity contribution in [3.05, 3.63) is 34.8 Å². The summed E-state index contributed by atoms with van der Waals surface area (Å²) in [6.45, 7) is 3.72. The Morgan fingerprint density at radius 3 is 2.06 bits per heavy atom. The average molecular weight is 414 g/mol. The van der Waals surface area contributed by atoms with Crippen LogP contribution < -0.4 is 0 Å². The zero-order chi connectivity index (χ0) is 13.7. The van der Waals surface area contributed by atoms with Crippen LogP contribution in [0.3, 0.4) is 0 Å². The molecular formula is C10H14O6W. The first-order valence-electron chi connectivity index (χ1n) is 4.33. The van der Waals surface area contributed by atoms with Crippen LogP contribution >= 0.6 is 0 Å². The van der Waals surface area contributed by atoms with Gasteiger partial charge in [0.15, 0.2) is 0 Å². The number of carboxylic acid groups (broad SMARTS) is 4. The number of hydrogen-bond donors (Lipinski definition) is 4. The van der Waals surface area contributed by atoms with E-state index in [1.807, 2.05) is 6.08 Å². The molecule has 0 aromatic rings. The molecule has 1 rings (SSSR count). The summed E-state index contributed by atoms with van der Waals surface area (Å²) in [4.78, 5) is 18.4. The van der Waals surface area contributed by atoms with Crippen LogP contribution in [0.2, 0.25) is 4.81 Å². The molecular weight excluding hydrogens is 400 g/mol. The van der Waals surface area contributed by atoms with Crippen molar-refractivity contribution in [1.29, 1.82) is 0 Å². The van der Waals surface area contributed by atoms with Gasteiger partial charge in [-0.2, -0.15) is 0 Å². The molecule has 4 N–H and O–H groups in total. The summed E-state index contributed by atoms with van der Waals surface area (Å²) in [6.07, 6.45) is 6.29. The molecule has 0 heterocycles. The first-order valence-corrected chi connectivity index (χ1v) is 7.87. The van der Waals surface area contributed by atoms with Gasteiger partial charge in [-0.1, -0.05) is 0 Å². The third-order valence-corrected chi connectivity index (χ3v) is 4.99. The van der Waals surface area contributed by atoms with E-state index in [9.17, 15) is 0 Å². The van der Waals surface area contributed by atoms with Gasteiger partial charge >= 0.3 is 76.9 Å². The predicted octanol–water partition coefficient (Wildman–Crippen LogP) is 2.96. The van der Waals surface area contributed by atoms with Gasteiger partial charge in [0.05, 0.1) is 0 Å². The SMILES string of the molecule is C=C[CH2][W][C]1=CC=CC1.O=C(O)O.O=C(O)O. The van der Waals surface area contributed by atoms with Gasteiger partial charge in [0.25, 0.3) is 0 Å². The van der Waals surface area contributed by atoms with E-state index in [0.717, 1.165) is 0 Å². The maximum atomic E-state index is 8.56. The minimum Gasteiger partial charge on any atom is -0.450 e. The van der Waals surface area contributed by atoms with Crippen molar-refractivity contribution in [3.8, 4) is 0 Å². The summed E-state index contributed by atoms with van der Waals surface area (Å²) in [6, 6.07) is 0. The van der Waals surface area contributed by atoms with E-state index in [1.165, 1.54) is 11.2 Å². The van der Waals surface area contributed by atoms with E-state index in [4.69, 9.17) is 30.0 Å². The fraction of sp³-hybridized carbons (Fsp3) is 0.200. The van der Waals surface area contributed by atoms with Gasteiger partial charge in [-0.3, -0.25) is 0 Å². The molecule has 7 heteroatoms. The number of hydrogen-bond acceptors (Lipinski definition) is 2. The summed E-state index contributed by atoms with van der Waals surface area (Å²) in [7, 11) is 0. The van der Waals surface area contributed by atoms with Gasteiger partial charge in [-0.05, 0) is 0 Å². The maximum Gasteiger partial charge on any atom is 0.503 e. The molecule has 0 atom stereocenters. The number of allylic oxidation sites excluding steroid dienone is 5. The van der Waals surface area contributed by atoms with E-state index in [0.29, 0.717) is 0 Å². The zero-order valence-corrected chi connectivity index (χ0v) is 11.9. The number of rotatable bonds is 3. The first-order chi connectivity index (χ1) is 7.90. The predicted molar refractivity (Wildman–Crippen MR) is 58.2 cm³/mol.